The van der Waals surface area contributed by atoms with Gasteiger partial charge in [-0.25, -0.2) is 0 Å². The van der Waals surface area contributed by atoms with Crippen molar-refractivity contribution in [2.24, 2.45) is 5.92 Å². The smallest absolute Gasteiger partial charge is 0.147 e. The highest BCUT2D eigenvalue weighted by molar-refractivity contribution is 4.81. The van der Waals surface area contributed by atoms with Crippen molar-refractivity contribution in [2.75, 3.05) is 6.79 Å². The monoisotopic (exact) mass is 156 g/mol. The van der Waals surface area contributed by atoms with E-state index < -0.39 is 0 Å². The molecule has 0 bridgehead atoms. The van der Waals surface area contributed by atoms with Crippen molar-refractivity contribution in [3.8, 4) is 0 Å². The number of ether oxygens (including phenoxy) is 2. The van der Waals surface area contributed by atoms with Gasteiger partial charge in [0.05, 0.1) is 12.2 Å². The Morgan fingerprint density at radius 2 is 1.91 bits per heavy atom. The van der Waals surface area contributed by atoms with Crippen molar-refractivity contribution in [3.63, 3.8) is 0 Å². The van der Waals surface area contributed by atoms with Crippen LogP contribution in [0.4, 0.5) is 0 Å². The van der Waals surface area contributed by atoms with Crippen LogP contribution in [0, 0.1) is 5.92 Å². The number of fused-ring (bicyclic) bond motifs is 1. The Morgan fingerprint density at radius 3 is 2.82 bits per heavy atom. The Balaban J connectivity index is 2.03. The summed E-state index contributed by atoms with van der Waals surface area (Å²) in [5.74, 6) is 0.699. The lowest BCUT2D eigenvalue weighted by Gasteiger charge is -2.18. The first-order valence-electron chi connectivity index (χ1n) is 4.61. The van der Waals surface area contributed by atoms with E-state index in [2.05, 4.69) is 6.92 Å². The van der Waals surface area contributed by atoms with Crippen LogP contribution in [0.25, 0.3) is 0 Å². The topological polar surface area (TPSA) is 18.5 Å². The molecule has 1 saturated heterocycles. The molecule has 0 aromatic carbocycles. The van der Waals surface area contributed by atoms with Gasteiger partial charge in [-0.1, -0.05) is 19.8 Å². The Morgan fingerprint density at radius 1 is 1.09 bits per heavy atom. The zero-order chi connectivity index (χ0) is 7.68. The lowest BCUT2D eigenvalue weighted by Crippen LogP contribution is -2.27. The van der Waals surface area contributed by atoms with E-state index in [1.54, 1.807) is 0 Å². The van der Waals surface area contributed by atoms with E-state index in [1.807, 2.05) is 0 Å². The van der Waals surface area contributed by atoms with Crippen molar-refractivity contribution in [1.29, 1.82) is 0 Å². The molecule has 11 heavy (non-hydrogen) atoms. The van der Waals surface area contributed by atoms with Gasteiger partial charge < -0.3 is 9.47 Å². The third kappa shape index (κ3) is 1.42. The second-order valence-electron chi connectivity index (χ2n) is 3.72. The molecule has 64 valence electrons. The summed E-state index contributed by atoms with van der Waals surface area (Å²) in [6, 6.07) is 0. The van der Waals surface area contributed by atoms with E-state index >= 15 is 0 Å². The fraction of sp³-hybridized carbons (Fsp3) is 1.00. The molecule has 0 aromatic rings. The first-order valence-corrected chi connectivity index (χ1v) is 4.61. The molecule has 0 radical (unpaired) electrons. The van der Waals surface area contributed by atoms with Gasteiger partial charge in [0.1, 0.15) is 6.79 Å². The average Bonchev–Trinajstić information content (AvgIpc) is 2.40. The molecule has 0 amide bonds. The van der Waals surface area contributed by atoms with Crippen LogP contribution in [-0.4, -0.2) is 19.0 Å². The molecular formula is C9H16O2. The van der Waals surface area contributed by atoms with E-state index in [0.29, 0.717) is 24.9 Å². The fourth-order valence-corrected chi connectivity index (χ4v) is 2.16. The molecule has 0 aromatic heterocycles. The maximum atomic E-state index is 5.53. The maximum Gasteiger partial charge on any atom is 0.147 e. The predicted octanol–water partition coefficient (Wildman–Crippen LogP) is 1.94. The number of hydrogen-bond acceptors (Lipinski definition) is 2. The standard InChI is InChI=1S/C9H16O2/c1-7-4-2-3-5-8-9(7)11-6-10-8/h7-9H,2-6H2,1H3. The highest BCUT2D eigenvalue weighted by Crippen LogP contribution is 2.30. The van der Waals surface area contributed by atoms with Crippen molar-refractivity contribution in [1.82, 2.24) is 0 Å². The molecule has 0 N–H and O–H groups in total. The van der Waals surface area contributed by atoms with Gasteiger partial charge in [0.2, 0.25) is 0 Å². The molecule has 2 fully saturated rings. The van der Waals surface area contributed by atoms with Gasteiger partial charge in [-0.3, -0.25) is 0 Å². The molecule has 2 nitrogen and oxygen atoms in total. The Bertz CT molecular complexity index is 136. The van der Waals surface area contributed by atoms with E-state index in [-0.39, 0.29) is 0 Å². The zero-order valence-electron chi connectivity index (χ0n) is 7.08. The van der Waals surface area contributed by atoms with Gasteiger partial charge in [-0.05, 0) is 18.8 Å². The highest BCUT2D eigenvalue weighted by Gasteiger charge is 2.34. The largest absolute Gasteiger partial charge is 0.349 e. The molecule has 3 atom stereocenters. The molecule has 3 unspecified atom stereocenters. The van der Waals surface area contributed by atoms with E-state index in [4.69, 9.17) is 9.47 Å². The van der Waals surface area contributed by atoms with Crippen molar-refractivity contribution < 1.29 is 9.47 Å². The third-order valence-electron chi connectivity index (χ3n) is 2.87. The van der Waals surface area contributed by atoms with Crippen LogP contribution < -0.4 is 0 Å². The summed E-state index contributed by atoms with van der Waals surface area (Å²) >= 11 is 0. The van der Waals surface area contributed by atoms with E-state index in [9.17, 15) is 0 Å². The number of rotatable bonds is 0. The maximum absolute atomic E-state index is 5.53. The van der Waals surface area contributed by atoms with Crippen LogP contribution >= 0.6 is 0 Å². The first-order chi connectivity index (χ1) is 5.38. The van der Waals surface area contributed by atoms with Crippen LogP contribution in [0.15, 0.2) is 0 Å². The molecule has 1 heterocycles. The molecule has 0 spiro atoms. The summed E-state index contributed by atoms with van der Waals surface area (Å²) in [6.45, 7) is 2.80. The minimum atomic E-state index is 0.400. The van der Waals surface area contributed by atoms with Crippen LogP contribution in [0.3, 0.4) is 0 Å². The molecule has 2 rings (SSSR count). The predicted molar refractivity (Wildman–Crippen MR) is 42.2 cm³/mol. The molecule has 1 aliphatic carbocycles. The summed E-state index contributed by atoms with van der Waals surface area (Å²) in [7, 11) is 0. The second-order valence-corrected chi connectivity index (χ2v) is 3.72. The minimum Gasteiger partial charge on any atom is -0.349 e. The van der Waals surface area contributed by atoms with Gasteiger partial charge in [0.25, 0.3) is 0 Å². The van der Waals surface area contributed by atoms with Crippen LogP contribution in [0.5, 0.6) is 0 Å². The summed E-state index contributed by atoms with van der Waals surface area (Å²) in [5.41, 5.74) is 0. The van der Waals surface area contributed by atoms with Crippen LogP contribution in [0.2, 0.25) is 0 Å². The van der Waals surface area contributed by atoms with E-state index in [0.717, 1.165) is 0 Å². The summed E-state index contributed by atoms with van der Waals surface area (Å²) < 4.78 is 11.0. The molecular weight excluding hydrogens is 140 g/mol. The van der Waals surface area contributed by atoms with Crippen molar-refractivity contribution in [3.05, 3.63) is 0 Å². The van der Waals surface area contributed by atoms with E-state index in [1.165, 1.54) is 25.7 Å². The minimum absolute atomic E-state index is 0.400. The summed E-state index contributed by atoms with van der Waals surface area (Å²) in [6.07, 6.45) is 5.99. The Hall–Kier alpha value is -0.0800. The van der Waals surface area contributed by atoms with Gasteiger partial charge in [-0.2, -0.15) is 0 Å². The normalized spacial score (nSPS) is 45.0. The summed E-state index contributed by atoms with van der Waals surface area (Å²) in [5, 5.41) is 0. The average molecular weight is 156 g/mol. The van der Waals surface area contributed by atoms with Crippen molar-refractivity contribution >= 4 is 0 Å². The quantitative estimate of drug-likeness (QED) is 0.533. The zero-order valence-corrected chi connectivity index (χ0v) is 7.08. The molecule has 2 aliphatic rings. The SMILES string of the molecule is CC1CCCCC2OCOC12. The third-order valence-corrected chi connectivity index (χ3v) is 2.87. The summed E-state index contributed by atoms with van der Waals surface area (Å²) in [4.78, 5) is 0. The highest BCUT2D eigenvalue weighted by atomic mass is 16.7. The Kier molecular flexibility index (Phi) is 2.14. The van der Waals surface area contributed by atoms with Gasteiger partial charge >= 0.3 is 0 Å². The van der Waals surface area contributed by atoms with Crippen molar-refractivity contribution in [2.45, 2.75) is 44.8 Å². The lowest BCUT2D eigenvalue weighted by molar-refractivity contribution is 0.0255. The van der Waals surface area contributed by atoms with Gasteiger partial charge in [0, 0.05) is 0 Å². The Labute approximate surface area is 67.9 Å². The van der Waals surface area contributed by atoms with Gasteiger partial charge in [0.15, 0.2) is 0 Å². The number of hydrogen-bond donors (Lipinski definition) is 0. The van der Waals surface area contributed by atoms with Crippen LogP contribution in [-0.2, 0) is 9.47 Å². The lowest BCUT2D eigenvalue weighted by atomic mass is 9.98. The molecule has 2 heteroatoms. The fourth-order valence-electron chi connectivity index (χ4n) is 2.16. The van der Waals surface area contributed by atoms with Crippen LogP contribution in [0.1, 0.15) is 32.6 Å². The first kappa shape index (κ1) is 7.56. The molecule has 1 saturated carbocycles. The second kappa shape index (κ2) is 3.11. The molecule has 1 aliphatic heterocycles. The van der Waals surface area contributed by atoms with Gasteiger partial charge in [-0.15, -0.1) is 0 Å².